The van der Waals surface area contributed by atoms with Crippen LogP contribution in [0.3, 0.4) is 0 Å². The smallest absolute Gasteiger partial charge is 0.220 e. The zero-order chi connectivity index (χ0) is 11.5. The fourth-order valence-corrected chi connectivity index (χ4v) is 0.998. The molecule has 0 aliphatic carbocycles. The van der Waals surface area contributed by atoms with Crippen molar-refractivity contribution in [1.29, 1.82) is 0 Å². The molecule has 0 unspecified atom stereocenters. The molecule has 0 fully saturated rings. The van der Waals surface area contributed by atoms with E-state index < -0.39 is 0 Å². The quantitative estimate of drug-likeness (QED) is 0.488. The van der Waals surface area contributed by atoms with Crippen LogP contribution >= 0.6 is 0 Å². The number of carbonyl (C=O) groups is 2. The third kappa shape index (κ3) is 9.21. The first kappa shape index (κ1) is 13.9. The lowest BCUT2D eigenvalue weighted by molar-refractivity contribution is -0.126. The molecule has 5 heteroatoms. The van der Waals surface area contributed by atoms with Crippen LogP contribution in [0.15, 0.2) is 0 Å². The third-order valence-electron chi connectivity index (χ3n) is 1.85. The highest BCUT2D eigenvalue weighted by Gasteiger charge is 2.05. The van der Waals surface area contributed by atoms with Crippen molar-refractivity contribution in [2.24, 2.45) is 5.73 Å². The minimum absolute atomic E-state index is 0.0641. The van der Waals surface area contributed by atoms with Crippen molar-refractivity contribution in [3.63, 3.8) is 0 Å². The van der Waals surface area contributed by atoms with Gasteiger partial charge in [-0.1, -0.05) is 6.92 Å². The number of hydrogen-bond donors (Lipinski definition) is 3. The van der Waals surface area contributed by atoms with Crippen LogP contribution in [0.4, 0.5) is 0 Å². The number of rotatable bonds is 8. The van der Waals surface area contributed by atoms with E-state index in [0.717, 1.165) is 12.8 Å². The molecule has 0 aromatic rings. The van der Waals surface area contributed by atoms with E-state index in [1.54, 1.807) is 0 Å². The lowest BCUT2D eigenvalue weighted by Crippen LogP contribution is -2.29. The second kappa shape index (κ2) is 9.45. The van der Waals surface area contributed by atoms with Gasteiger partial charge in [0.05, 0.1) is 0 Å². The minimum atomic E-state index is -0.0879. The highest BCUT2D eigenvalue weighted by Crippen LogP contribution is 1.89. The van der Waals surface area contributed by atoms with Crippen LogP contribution in [0, 0.1) is 0 Å². The van der Waals surface area contributed by atoms with Gasteiger partial charge < -0.3 is 16.4 Å². The highest BCUT2D eigenvalue weighted by molar-refractivity contribution is 5.83. The Hall–Kier alpha value is -1.10. The Kier molecular flexibility index (Phi) is 8.76. The molecule has 0 saturated carbocycles. The van der Waals surface area contributed by atoms with E-state index in [-0.39, 0.29) is 24.7 Å². The van der Waals surface area contributed by atoms with Gasteiger partial charge in [-0.2, -0.15) is 0 Å². The van der Waals surface area contributed by atoms with E-state index in [1.165, 1.54) is 0 Å². The zero-order valence-corrected chi connectivity index (χ0v) is 9.34. The molecule has 0 spiro atoms. The summed E-state index contributed by atoms with van der Waals surface area (Å²) in [4.78, 5) is 22.3. The first-order valence-electron chi connectivity index (χ1n) is 5.44. The fraction of sp³-hybridized carbons (Fsp3) is 0.800. The molecule has 5 nitrogen and oxygen atoms in total. The molecule has 4 N–H and O–H groups in total. The summed E-state index contributed by atoms with van der Waals surface area (Å²) < 4.78 is 0. The Labute approximate surface area is 90.8 Å². The average Bonchev–Trinajstić information content (AvgIpc) is 2.24. The summed E-state index contributed by atoms with van der Waals surface area (Å²) in [5.41, 5.74) is 5.28. The van der Waals surface area contributed by atoms with Gasteiger partial charge in [-0.15, -0.1) is 0 Å². The molecule has 0 aromatic carbocycles. The van der Waals surface area contributed by atoms with Crippen molar-refractivity contribution >= 4 is 11.8 Å². The predicted molar refractivity (Wildman–Crippen MR) is 59.2 cm³/mol. The topological polar surface area (TPSA) is 84.2 Å². The standard InChI is InChI=1S/C10H21N3O2/c1-2-7-12-9(14)4-5-10(15)13-8-3-6-11/h2-8,11H2,1H3,(H,12,14)(H,13,15). The normalized spacial score (nSPS) is 9.73. The number of nitrogens with two attached hydrogens (primary N) is 1. The zero-order valence-electron chi connectivity index (χ0n) is 9.34. The molecule has 0 aromatic heterocycles. The van der Waals surface area contributed by atoms with Crippen molar-refractivity contribution in [1.82, 2.24) is 10.6 Å². The maximum Gasteiger partial charge on any atom is 0.220 e. The van der Waals surface area contributed by atoms with Gasteiger partial charge in [0.25, 0.3) is 0 Å². The molecule has 0 bridgehead atoms. The average molecular weight is 215 g/mol. The van der Waals surface area contributed by atoms with Crippen LogP contribution in [0.25, 0.3) is 0 Å². The number of nitrogens with one attached hydrogen (secondary N) is 2. The van der Waals surface area contributed by atoms with Gasteiger partial charge >= 0.3 is 0 Å². The van der Waals surface area contributed by atoms with Gasteiger partial charge in [0.2, 0.25) is 11.8 Å². The summed E-state index contributed by atoms with van der Waals surface area (Å²) in [5.74, 6) is -0.152. The van der Waals surface area contributed by atoms with Gasteiger partial charge in [-0.25, -0.2) is 0 Å². The van der Waals surface area contributed by atoms with Crippen LogP contribution in [-0.4, -0.2) is 31.4 Å². The number of amides is 2. The van der Waals surface area contributed by atoms with E-state index in [4.69, 9.17) is 5.73 Å². The molecular weight excluding hydrogens is 194 g/mol. The van der Waals surface area contributed by atoms with Gasteiger partial charge in [0, 0.05) is 25.9 Å². The van der Waals surface area contributed by atoms with Gasteiger partial charge in [0.1, 0.15) is 0 Å². The number of carbonyl (C=O) groups excluding carboxylic acids is 2. The monoisotopic (exact) mass is 215 g/mol. The highest BCUT2D eigenvalue weighted by atomic mass is 16.2. The van der Waals surface area contributed by atoms with Gasteiger partial charge in [0.15, 0.2) is 0 Å². The van der Waals surface area contributed by atoms with Crippen LogP contribution in [0.5, 0.6) is 0 Å². The summed E-state index contributed by atoms with van der Waals surface area (Å²) in [6.45, 7) is 3.82. The second-order valence-corrected chi connectivity index (χ2v) is 3.34. The molecular formula is C10H21N3O2. The van der Waals surface area contributed by atoms with E-state index >= 15 is 0 Å². The second-order valence-electron chi connectivity index (χ2n) is 3.34. The summed E-state index contributed by atoms with van der Waals surface area (Å²) in [5, 5.41) is 5.41. The SMILES string of the molecule is CCCNC(=O)CCC(=O)NCCCN. The number of hydrogen-bond acceptors (Lipinski definition) is 3. The van der Waals surface area contributed by atoms with Gasteiger partial charge in [-0.05, 0) is 19.4 Å². The third-order valence-corrected chi connectivity index (χ3v) is 1.85. The molecule has 0 saturated heterocycles. The molecule has 0 heterocycles. The molecule has 88 valence electrons. The summed E-state index contributed by atoms with van der Waals surface area (Å²) in [6.07, 6.45) is 2.19. The van der Waals surface area contributed by atoms with E-state index in [2.05, 4.69) is 10.6 Å². The van der Waals surface area contributed by atoms with Gasteiger partial charge in [-0.3, -0.25) is 9.59 Å². The first-order valence-corrected chi connectivity index (χ1v) is 5.44. The summed E-state index contributed by atoms with van der Waals surface area (Å²) in [6, 6.07) is 0. The van der Waals surface area contributed by atoms with Crippen molar-refractivity contribution < 1.29 is 9.59 Å². The maximum atomic E-state index is 11.2. The lowest BCUT2D eigenvalue weighted by Gasteiger charge is -2.04. The van der Waals surface area contributed by atoms with E-state index in [1.807, 2.05) is 6.92 Å². The molecule has 2 amide bonds. The molecule has 0 rings (SSSR count). The van der Waals surface area contributed by atoms with Crippen molar-refractivity contribution in [3.8, 4) is 0 Å². The fourth-order valence-electron chi connectivity index (χ4n) is 0.998. The minimum Gasteiger partial charge on any atom is -0.356 e. The Morgan fingerprint density at radius 3 is 2.07 bits per heavy atom. The first-order chi connectivity index (χ1) is 7.20. The molecule has 0 aliphatic rings. The predicted octanol–water partition coefficient (Wildman–Crippen LogP) is -0.242. The van der Waals surface area contributed by atoms with Crippen LogP contribution in [0.1, 0.15) is 32.6 Å². The van der Waals surface area contributed by atoms with Crippen molar-refractivity contribution in [2.75, 3.05) is 19.6 Å². The van der Waals surface area contributed by atoms with Crippen LogP contribution < -0.4 is 16.4 Å². The van der Waals surface area contributed by atoms with Crippen LogP contribution in [0.2, 0.25) is 0 Å². The maximum absolute atomic E-state index is 11.2. The Bertz CT molecular complexity index is 195. The molecule has 0 atom stereocenters. The van der Waals surface area contributed by atoms with Crippen LogP contribution in [-0.2, 0) is 9.59 Å². The largest absolute Gasteiger partial charge is 0.356 e. The Morgan fingerprint density at radius 2 is 1.60 bits per heavy atom. The summed E-state index contributed by atoms with van der Waals surface area (Å²) in [7, 11) is 0. The van der Waals surface area contributed by atoms with Crippen molar-refractivity contribution in [2.45, 2.75) is 32.6 Å². The van der Waals surface area contributed by atoms with E-state index in [9.17, 15) is 9.59 Å². The van der Waals surface area contributed by atoms with Crippen molar-refractivity contribution in [3.05, 3.63) is 0 Å². The molecule has 0 aliphatic heterocycles. The Morgan fingerprint density at radius 1 is 1.07 bits per heavy atom. The molecule has 15 heavy (non-hydrogen) atoms. The summed E-state index contributed by atoms with van der Waals surface area (Å²) >= 11 is 0. The van der Waals surface area contributed by atoms with E-state index in [0.29, 0.717) is 19.6 Å². The molecule has 0 radical (unpaired) electrons. The Balaban J connectivity index is 3.40. The lowest BCUT2D eigenvalue weighted by atomic mass is 10.2.